The molecule has 0 radical (unpaired) electrons. The van der Waals surface area contributed by atoms with E-state index in [1.165, 1.54) is 5.57 Å². The van der Waals surface area contributed by atoms with Gasteiger partial charge in [-0.05, 0) is 106 Å². The number of nitrogens with one attached hydrogen (secondary N) is 1. The maximum atomic E-state index is 13.4. The highest BCUT2D eigenvalue weighted by Gasteiger charge is 2.32. The number of anilines is 1. The molecule has 6 nitrogen and oxygen atoms in total. The molecule has 0 spiro atoms. The van der Waals surface area contributed by atoms with Crippen LogP contribution in [0.4, 0.5) is 5.69 Å². The number of allylic oxidation sites excluding steroid dienone is 2. The molecule has 0 saturated carbocycles. The van der Waals surface area contributed by atoms with Gasteiger partial charge in [0.2, 0.25) is 5.91 Å². The van der Waals surface area contributed by atoms with Crippen LogP contribution >= 0.6 is 11.6 Å². The van der Waals surface area contributed by atoms with Gasteiger partial charge in [0.15, 0.2) is 0 Å². The molecule has 206 valence electrons. The first-order valence-electron chi connectivity index (χ1n) is 13.9. The van der Waals surface area contributed by atoms with Crippen LogP contribution in [0.2, 0.25) is 5.02 Å². The average Bonchev–Trinajstić information content (AvgIpc) is 3.34. The van der Waals surface area contributed by atoms with Gasteiger partial charge in [0.05, 0.1) is 17.6 Å². The number of hydrogen-bond acceptors (Lipinski definition) is 5. The van der Waals surface area contributed by atoms with Gasteiger partial charge in [0, 0.05) is 35.9 Å². The summed E-state index contributed by atoms with van der Waals surface area (Å²) in [5, 5.41) is 14.8. The van der Waals surface area contributed by atoms with Crippen LogP contribution in [0.25, 0.3) is 5.57 Å². The standard InChI is InChI=1S/C32H38ClN3O3/c1-4-36(25-12-10-24(33)11-13-25)31(37)22-15-18-35(20-22)17-6-8-26-27-7-5-16-34-29(27)21-39-30-14-9-23(19-28(26)30)32(2,3)38/h5,7-14,16,19,22,29,34,38H,4,6,15,17-18,20-21H2,1-3H3/b26-8+. The SMILES string of the molecule is CCN(C(=O)C1CCN(CC/C=C2\C3=CC=CNC3COc3ccc(C(C)(C)O)cc32)C1)c1ccc(Cl)cc1. The van der Waals surface area contributed by atoms with Crippen LogP contribution in [-0.4, -0.2) is 54.7 Å². The lowest BCUT2D eigenvalue weighted by molar-refractivity contribution is -0.122. The Labute approximate surface area is 236 Å². The third-order valence-electron chi connectivity index (χ3n) is 7.87. The summed E-state index contributed by atoms with van der Waals surface area (Å²) in [6.07, 6.45) is 10.2. The Morgan fingerprint density at radius 1 is 1.26 bits per heavy atom. The van der Waals surface area contributed by atoms with Gasteiger partial charge >= 0.3 is 0 Å². The summed E-state index contributed by atoms with van der Waals surface area (Å²) < 4.78 is 6.19. The lowest BCUT2D eigenvalue weighted by atomic mass is 9.88. The Bertz CT molecular complexity index is 1290. The molecule has 2 aromatic rings. The second-order valence-electron chi connectivity index (χ2n) is 11.0. The molecule has 5 rings (SSSR count). The summed E-state index contributed by atoms with van der Waals surface area (Å²) in [6, 6.07) is 13.5. The van der Waals surface area contributed by atoms with Gasteiger partial charge in [-0.1, -0.05) is 29.8 Å². The van der Waals surface area contributed by atoms with E-state index in [9.17, 15) is 9.90 Å². The Kier molecular flexibility index (Phi) is 8.17. The summed E-state index contributed by atoms with van der Waals surface area (Å²) in [5.74, 6) is 1.01. The first kappa shape index (κ1) is 27.5. The third kappa shape index (κ3) is 6.08. The molecule has 2 aromatic carbocycles. The van der Waals surface area contributed by atoms with E-state index in [1.54, 1.807) is 13.8 Å². The minimum atomic E-state index is -0.944. The fourth-order valence-electron chi connectivity index (χ4n) is 5.68. The lowest BCUT2D eigenvalue weighted by Gasteiger charge is -2.25. The fraction of sp³-hybridized carbons (Fsp3) is 0.406. The number of nitrogens with zero attached hydrogens (tertiary/aromatic N) is 2. The molecule has 7 heteroatoms. The number of aliphatic hydroxyl groups is 1. The highest BCUT2D eigenvalue weighted by atomic mass is 35.5. The topological polar surface area (TPSA) is 65.0 Å². The molecule has 3 aliphatic heterocycles. The van der Waals surface area contributed by atoms with Crippen molar-refractivity contribution in [1.29, 1.82) is 0 Å². The first-order chi connectivity index (χ1) is 18.7. The summed E-state index contributed by atoms with van der Waals surface area (Å²) in [4.78, 5) is 17.6. The predicted molar refractivity (Wildman–Crippen MR) is 158 cm³/mol. The van der Waals surface area contributed by atoms with Crippen molar-refractivity contribution < 1.29 is 14.6 Å². The molecule has 0 bridgehead atoms. The van der Waals surface area contributed by atoms with E-state index in [0.717, 1.165) is 60.6 Å². The van der Waals surface area contributed by atoms with Crippen LogP contribution in [0.1, 0.15) is 44.7 Å². The smallest absolute Gasteiger partial charge is 0.231 e. The number of hydrogen-bond donors (Lipinski definition) is 2. The van der Waals surface area contributed by atoms with Gasteiger partial charge in [-0.25, -0.2) is 0 Å². The maximum absolute atomic E-state index is 13.4. The second-order valence-corrected chi connectivity index (χ2v) is 11.5. The van der Waals surface area contributed by atoms with Crippen LogP contribution in [0.5, 0.6) is 5.75 Å². The van der Waals surface area contributed by atoms with E-state index in [-0.39, 0.29) is 17.9 Å². The van der Waals surface area contributed by atoms with Crippen LogP contribution in [-0.2, 0) is 10.4 Å². The van der Waals surface area contributed by atoms with Crippen molar-refractivity contribution in [3.8, 4) is 5.75 Å². The van der Waals surface area contributed by atoms with E-state index in [4.69, 9.17) is 16.3 Å². The fourth-order valence-corrected chi connectivity index (χ4v) is 5.81. The van der Waals surface area contributed by atoms with Gasteiger partial charge in [-0.2, -0.15) is 0 Å². The third-order valence-corrected chi connectivity index (χ3v) is 8.13. The van der Waals surface area contributed by atoms with Crippen LogP contribution in [0.3, 0.4) is 0 Å². The van der Waals surface area contributed by atoms with Crippen LogP contribution < -0.4 is 15.0 Å². The molecule has 2 unspecified atom stereocenters. The molecule has 0 aromatic heterocycles. The highest BCUT2D eigenvalue weighted by Crippen LogP contribution is 2.39. The van der Waals surface area contributed by atoms with Crippen molar-refractivity contribution in [3.63, 3.8) is 0 Å². The minimum Gasteiger partial charge on any atom is -0.490 e. The molecular weight excluding hydrogens is 510 g/mol. The summed E-state index contributed by atoms with van der Waals surface area (Å²) in [7, 11) is 0. The molecule has 2 atom stereocenters. The Morgan fingerprint density at radius 3 is 2.79 bits per heavy atom. The number of amides is 1. The van der Waals surface area contributed by atoms with E-state index in [0.29, 0.717) is 18.2 Å². The zero-order valence-corrected chi connectivity index (χ0v) is 23.7. The number of benzene rings is 2. The monoisotopic (exact) mass is 547 g/mol. The van der Waals surface area contributed by atoms with Crippen LogP contribution in [0, 0.1) is 5.92 Å². The van der Waals surface area contributed by atoms with Crippen molar-refractivity contribution in [1.82, 2.24) is 10.2 Å². The van der Waals surface area contributed by atoms with Gasteiger partial charge in [-0.15, -0.1) is 0 Å². The predicted octanol–water partition coefficient (Wildman–Crippen LogP) is 5.52. The number of carbonyl (C=O) groups is 1. The molecule has 3 aliphatic rings. The molecule has 1 saturated heterocycles. The number of fused-ring (bicyclic) bond motifs is 2. The number of carbonyl (C=O) groups excluding carboxylic acids is 1. The van der Waals surface area contributed by atoms with E-state index >= 15 is 0 Å². The molecular formula is C32H38ClN3O3. The summed E-state index contributed by atoms with van der Waals surface area (Å²) in [5.41, 5.74) is 4.16. The number of likely N-dealkylation sites (tertiary alicyclic amines) is 1. The Balaban J connectivity index is 1.31. The second kappa shape index (κ2) is 11.6. The molecule has 39 heavy (non-hydrogen) atoms. The van der Waals surface area contributed by atoms with Gasteiger partial charge in [-0.3, -0.25) is 4.79 Å². The van der Waals surface area contributed by atoms with E-state index in [2.05, 4.69) is 28.4 Å². The largest absolute Gasteiger partial charge is 0.490 e. The summed E-state index contributed by atoms with van der Waals surface area (Å²) in [6.45, 7) is 9.36. The number of dihydropyridines is 1. The molecule has 3 heterocycles. The number of rotatable bonds is 7. The number of ether oxygens (including phenoxy) is 1. The van der Waals surface area contributed by atoms with Crippen molar-refractivity contribution in [2.24, 2.45) is 5.92 Å². The van der Waals surface area contributed by atoms with Crippen molar-refractivity contribution >= 4 is 28.8 Å². The van der Waals surface area contributed by atoms with E-state index < -0.39 is 5.60 Å². The van der Waals surface area contributed by atoms with Gasteiger partial charge in [0.25, 0.3) is 0 Å². The first-order valence-corrected chi connectivity index (χ1v) is 14.2. The van der Waals surface area contributed by atoms with E-state index in [1.807, 2.05) is 60.5 Å². The molecule has 0 aliphatic carbocycles. The summed E-state index contributed by atoms with van der Waals surface area (Å²) >= 11 is 6.05. The van der Waals surface area contributed by atoms with Crippen molar-refractivity contribution in [3.05, 3.63) is 88.6 Å². The van der Waals surface area contributed by atoms with Crippen LogP contribution in [0.15, 0.2) is 72.5 Å². The normalized spacial score (nSPS) is 21.9. The molecule has 1 amide bonds. The zero-order chi connectivity index (χ0) is 27.6. The van der Waals surface area contributed by atoms with Crippen molar-refractivity contribution in [2.75, 3.05) is 37.7 Å². The maximum Gasteiger partial charge on any atom is 0.231 e. The minimum absolute atomic E-state index is 0.00518. The molecule has 2 N–H and O–H groups in total. The Morgan fingerprint density at radius 2 is 2.05 bits per heavy atom. The lowest BCUT2D eigenvalue weighted by Crippen LogP contribution is -2.37. The van der Waals surface area contributed by atoms with Gasteiger partial charge in [0.1, 0.15) is 12.4 Å². The van der Waals surface area contributed by atoms with Gasteiger partial charge < -0.3 is 25.0 Å². The average molecular weight is 548 g/mol. The zero-order valence-electron chi connectivity index (χ0n) is 23.0. The Hall–Kier alpha value is -3.06. The highest BCUT2D eigenvalue weighted by molar-refractivity contribution is 6.30. The van der Waals surface area contributed by atoms with Crippen molar-refractivity contribution in [2.45, 2.75) is 45.3 Å². The number of halogens is 1. The quantitative estimate of drug-likeness (QED) is 0.478. The molecule has 1 fully saturated rings.